The number of ether oxygens (including phenoxy) is 1. The number of hydrogen-bond acceptors (Lipinski definition) is 3. The molecule has 4 atom stereocenters. The van der Waals surface area contributed by atoms with E-state index in [0.29, 0.717) is 25.6 Å². The summed E-state index contributed by atoms with van der Waals surface area (Å²) in [5, 5.41) is 0. The van der Waals surface area contributed by atoms with Crippen LogP contribution in [-0.2, 0) is 27.4 Å². The molecule has 2 aromatic rings. The number of anilines is 1. The maximum atomic E-state index is 13.6. The van der Waals surface area contributed by atoms with Gasteiger partial charge in [0.1, 0.15) is 5.60 Å². The summed E-state index contributed by atoms with van der Waals surface area (Å²) in [7, 11) is 0. The molecule has 4 aliphatic rings. The van der Waals surface area contributed by atoms with Crippen molar-refractivity contribution in [3.05, 3.63) is 77.4 Å². The average molecular weight is 415 g/mol. The van der Waals surface area contributed by atoms with Gasteiger partial charge in [-0.05, 0) is 34.7 Å². The molecule has 31 heavy (non-hydrogen) atoms. The van der Waals surface area contributed by atoms with E-state index >= 15 is 0 Å². The van der Waals surface area contributed by atoms with E-state index in [0.717, 1.165) is 5.69 Å². The molecule has 0 saturated carbocycles. The van der Waals surface area contributed by atoms with Gasteiger partial charge in [0.25, 0.3) is 0 Å². The van der Waals surface area contributed by atoms with Crippen molar-refractivity contribution in [2.24, 2.45) is 11.8 Å². The number of benzene rings is 2. The average Bonchev–Trinajstić information content (AvgIpc) is 3.52. The maximum absolute atomic E-state index is 13.6. The molecule has 0 N–H and O–H groups in total. The summed E-state index contributed by atoms with van der Waals surface area (Å²) < 4.78 is 6.32. The lowest BCUT2D eigenvalue weighted by molar-refractivity contribution is -0.140. The largest absolute Gasteiger partial charge is 0.360 e. The molecule has 4 aliphatic heterocycles. The molecule has 2 unspecified atom stereocenters. The van der Waals surface area contributed by atoms with Gasteiger partial charge >= 0.3 is 0 Å². The maximum Gasteiger partial charge on any atom is 0.234 e. The minimum atomic E-state index is -0.689. The quantitative estimate of drug-likeness (QED) is 0.721. The Morgan fingerprint density at radius 1 is 1.06 bits per heavy atom. The molecule has 1 spiro atoms. The number of amides is 2. The Bertz CT molecular complexity index is 1080. The molecule has 2 fully saturated rings. The standard InChI is InChI=1S/C26H26N2O3/c1-16(2)17-7-9-20(10-8-17)28-15-26-12-11-21(31-26)22(23(26)25(28)30)24(29)27-13-18-5-3-4-6-19(18)14-27/h3-12,16,21-23H,13-15H2,1-2H3/t21-,22?,23?,26-/m0/s1. The van der Waals surface area contributed by atoms with Crippen molar-refractivity contribution in [1.82, 2.24) is 4.90 Å². The van der Waals surface area contributed by atoms with Gasteiger partial charge in [-0.1, -0.05) is 62.4 Å². The molecule has 0 aliphatic carbocycles. The first-order valence-electron chi connectivity index (χ1n) is 11.1. The van der Waals surface area contributed by atoms with Gasteiger partial charge in [0.15, 0.2) is 0 Å². The zero-order chi connectivity index (χ0) is 21.3. The summed E-state index contributed by atoms with van der Waals surface area (Å²) in [5.74, 6) is -0.438. The van der Waals surface area contributed by atoms with Crippen molar-refractivity contribution in [3.63, 3.8) is 0 Å². The highest BCUT2D eigenvalue weighted by Gasteiger charge is 2.67. The second-order valence-electron chi connectivity index (χ2n) is 9.53. The van der Waals surface area contributed by atoms with Gasteiger partial charge in [-0.3, -0.25) is 9.59 Å². The highest BCUT2D eigenvalue weighted by atomic mass is 16.5. The molecule has 6 rings (SSSR count). The van der Waals surface area contributed by atoms with Gasteiger partial charge in [0.05, 0.1) is 24.5 Å². The number of fused-ring (bicyclic) bond motifs is 2. The minimum Gasteiger partial charge on any atom is -0.360 e. The first-order chi connectivity index (χ1) is 15.0. The van der Waals surface area contributed by atoms with Gasteiger partial charge in [-0.2, -0.15) is 0 Å². The third-order valence-corrected chi connectivity index (χ3v) is 7.41. The predicted octanol–water partition coefficient (Wildman–Crippen LogP) is 3.64. The summed E-state index contributed by atoms with van der Waals surface area (Å²) in [5.41, 5.74) is 3.81. The van der Waals surface area contributed by atoms with E-state index in [9.17, 15) is 9.59 Å². The van der Waals surface area contributed by atoms with Gasteiger partial charge in [-0.25, -0.2) is 0 Å². The number of carbonyl (C=O) groups is 2. The summed E-state index contributed by atoms with van der Waals surface area (Å²) in [6.07, 6.45) is 3.70. The lowest BCUT2D eigenvalue weighted by atomic mass is 9.76. The Kier molecular flexibility index (Phi) is 3.97. The lowest BCUT2D eigenvalue weighted by Crippen LogP contribution is -2.44. The van der Waals surface area contributed by atoms with E-state index in [1.165, 1.54) is 16.7 Å². The second-order valence-corrected chi connectivity index (χ2v) is 9.53. The van der Waals surface area contributed by atoms with Crippen molar-refractivity contribution in [1.29, 1.82) is 0 Å². The van der Waals surface area contributed by atoms with E-state index in [1.807, 2.05) is 41.3 Å². The summed E-state index contributed by atoms with van der Waals surface area (Å²) in [4.78, 5) is 30.9. The molecule has 5 heteroatoms. The van der Waals surface area contributed by atoms with Gasteiger partial charge in [0, 0.05) is 18.8 Å². The molecule has 2 aromatic carbocycles. The van der Waals surface area contributed by atoms with Crippen LogP contribution in [0.1, 0.15) is 36.5 Å². The van der Waals surface area contributed by atoms with Crippen LogP contribution in [0, 0.1) is 11.8 Å². The molecule has 2 saturated heterocycles. The predicted molar refractivity (Wildman–Crippen MR) is 117 cm³/mol. The highest BCUT2D eigenvalue weighted by molar-refractivity contribution is 6.03. The molecule has 158 valence electrons. The Morgan fingerprint density at radius 3 is 2.39 bits per heavy atom. The van der Waals surface area contributed by atoms with E-state index in [1.54, 1.807) is 4.90 Å². The van der Waals surface area contributed by atoms with Crippen LogP contribution in [0.2, 0.25) is 0 Å². The third-order valence-electron chi connectivity index (χ3n) is 7.41. The van der Waals surface area contributed by atoms with Crippen LogP contribution in [0.5, 0.6) is 0 Å². The van der Waals surface area contributed by atoms with E-state index < -0.39 is 17.4 Å². The number of carbonyl (C=O) groups excluding carboxylic acids is 2. The molecular formula is C26H26N2O3. The zero-order valence-corrected chi connectivity index (χ0v) is 17.8. The molecule has 2 amide bonds. The van der Waals surface area contributed by atoms with Crippen LogP contribution in [-0.4, -0.2) is 35.0 Å². The van der Waals surface area contributed by atoms with Crippen LogP contribution in [0.15, 0.2) is 60.7 Å². The second kappa shape index (κ2) is 6.54. The van der Waals surface area contributed by atoms with Gasteiger partial charge in [0.2, 0.25) is 11.8 Å². The first kappa shape index (κ1) is 18.8. The van der Waals surface area contributed by atoms with Crippen molar-refractivity contribution >= 4 is 17.5 Å². The SMILES string of the molecule is CC(C)c1ccc(N2C[C@]34C=C[C@H](O3)C(C(=O)N3Cc5ccccc5C3)C4C2=O)cc1. The Hall–Kier alpha value is -2.92. The fraction of sp³-hybridized carbons (Fsp3) is 0.385. The Morgan fingerprint density at radius 2 is 1.74 bits per heavy atom. The van der Waals surface area contributed by atoms with Crippen LogP contribution >= 0.6 is 0 Å². The lowest BCUT2D eigenvalue weighted by Gasteiger charge is -2.27. The van der Waals surface area contributed by atoms with Crippen molar-refractivity contribution in [3.8, 4) is 0 Å². The fourth-order valence-corrected chi connectivity index (χ4v) is 5.74. The zero-order valence-electron chi connectivity index (χ0n) is 17.8. The smallest absolute Gasteiger partial charge is 0.234 e. The fourth-order valence-electron chi connectivity index (χ4n) is 5.74. The van der Waals surface area contributed by atoms with Crippen molar-refractivity contribution in [2.75, 3.05) is 11.4 Å². The first-order valence-corrected chi connectivity index (χ1v) is 11.1. The summed E-state index contributed by atoms with van der Waals surface area (Å²) in [6, 6.07) is 16.3. The monoisotopic (exact) mass is 414 g/mol. The van der Waals surface area contributed by atoms with Crippen molar-refractivity contribution in [2.45, 2.75) is 44.6 Å². The molecule has 5 nitrogen and oxygen atoms in total. The van der Waals surface area contributed by atoms with Crippen LogP contribution < -0.4 is 4.90 Å². The van der Waals surface area contributed by atoms with Crippen LogP contribution in [0.25, 0.3) is 0 Å². The van der Waals surface area contributed by atoms with E-state index in [2.05, 4.69) is 38.1 Å². The minimum absolute atomic E-state index is 0.000733. The molecule has 0 aromatic heterocycles. The normalized spacial score (nSPS) is 30.4. The van der Waals surface area contributed by atoms with Crippen molar-refractivity contribution < 1.29 is 14.3 Å². The van der Waals surface area contributed by atoms with Crippen LogP contribution in [0.3, 0.4) is 0 Å². The third kappa shape index (κ3) is 2.66. The topological polar surface area (TPSA) is 49.9 Å². The molecule has 4 heterocycles. The Labute approximate surface area is 182 Å². The summed E-state index contributed by atoms with van der Waals surface area (Å²) in [6.45, 7) is 5.99. The molecule has 0 radical (unpaired) electrons. The number of nitrogens with zero attached hydrogens (tertiary/aromatic N) is 2. The van der Waals surface area contributed by atoms with Gasteiger partial charge < -0.3 is 14.5 Å². The highest BCUT2D eigenvalue weighted by Crippen LogP contribution is 2.53. The summed E-state index contributed by atoms with van der Waals surface area (Å²) >= 11 is 0. The number of rotatable bonds is 3. The molecular weight excluding hydrogens is 388 g/mol. The Balaban J connectivity index is 1.28. The van der Waals surface area contributed by atoms with E-state index in [4.69, 9.17) is 4.74 Å². The molecule has 2 bridgehead atoms. The number of hydrogen-bond donors (Lipinski definition) is 0. The van der Waals surface area contributed by atoms with E-state index in [-0.39, 0.29) is 17.9 Å². The van der Waals surface area contributed by atoms with Crippen LogP contribution in [0.4, 0.5) is 5.69 Å². The van der Waals surface area contributed by atoms with Gasteiger partial charge in [-0.15, -0.1) is 0 Å².